The number of ether oxygens (including phenoxy) is 1. The van der Waals surface area contributed by atoms with Crippen LogP contribution in [0.4, 0.5) is 0 Å². The van der Waals surface area contributed by atoms with Gasteiger partial charge in [-0.05, 0) is 24.9 Å². The van der Waals surface area contributed by atoms with Crippen molar-refractivity contribution in [2.24, 2.45) is 5.92 Å². The van der Waals surface area contributed by atoms with E-state index in [1.807, 2.05) is 6.92 Å². The molecule has 11 nitrogen and oxygen atoms in total. The third kappa shape index (κ3) is 10.4. The third-order valence-electron chi connectivity index (χ3n) is 3.94. The molecule has 1 heterocycles. The topological polar surface area (TPSA) is 168 Å². The standard InChI is InChI=1S/C18H25ClN4O7S/c1-3-30-8-11-6-21-18(19)23-16(11)31-9-12(15(27)20-7-14(25)26)22-13(24)5-4-10(2)17(28)29/h6,10,12H,3-5,7-9H2,1-2H3,(H,20,27)(H,22,24)(H,25,26)(H,28,29)/t10-,12-/m0/s1. The number of aliphatic carboxylic acids is 2. The lowest BCUT2D eigenvalue weighted by molar-refractivity contribution is -0.141. The Morgan fingerprint density at radius 2 is 2.00 bits per heavy atom. The van der Waals surface area contributed by atoms with Crippen LogP contribution in [0.25, 0.3) is 0 Å². The Morgan fingerprint density at radius 1 is 1.29 bits per heavy atom. The molecule has 172 valence electrons. The fourth-order valence-electron chi connectivity index (χ4n) is 2.18. The SMILES string of the molecule is CCOCc1cnc(Cl)nc1SC[C@H](NC(=O)CC[C@H](C)C(=O)O)C(=O)NCC(=O)O. The maximum Gasteiger partial charge on any atom is 0.322 e. The summed E-state index contributed by atoms with van der Waals surface area (Å²) in [6, 6.07) is -1.08. The number of thioether (sulfide) groups is 1. The molecule has 0 spiro atoms. The van der Waals surface area contributed by atoms with E-state index in [1.165, 1.54) is 13.1 Å². The summed E-state index contributed by atoms with van der Waals surface area (Å²) in [6.45, 7) is 3.39. The van der Waals surface area contributed by atoms with Gasteiger partial charge < -0.3 is 25.6 Å². The summed E-state index contributed by atoms with van der Waals surface area (Å²) in [7, 11) is 0. The minimum absolute atomic E-state index is 0.00122. The number of hydrogen-bond donors (Lipinski definition) is 4. The maximum absolute atomic E-state index is 12.4. The highest BCUT2D eigenvalue weighted by Crippen LogP contribution is 2.23. The highest BCUT2D eigenvalue weighted by molar-refractivity contribution is 7.99. The van der Waals surface area contributed by atoms with E-state index in [4.69, 9.17) is 26.6 Å². The minimum atomic E-state index is -1.23. The average Bonchev–Trinajstić information content (AvgIpc) is 2.72. The molecule has 0 unspecified atom stereocenters. The van der Waals surface area contributed by atoms with Crippen molar-refractivity contribution in [1.82, 2.24) is 20.6 Å². The zero-order chi connectivity index (χ0) is 23.4. The van der Waals surface area contributed by atoms with Gasteiger partial charge in [-0.2, -0.15) is 0 Å². The van der Waals surface area contributed by atoms with Crippen molar-refractivity contribution < 1.29 is 34.1 Å². The van der Waals surface area contributed by atoms with Gasteiger partial charge in [-0.25, -0.2) is 9.97 Å². The first-order valence-corrected chi connectivity index (χ1v) is 10.7. The highest BCUT2D eigenvalue weighted by atomic mass is 35.5. The van der Waals surface area contributed by atoms with Crippen LogP contribution in [-0.4, -0.2) is 68.9 Å². The van der Waals surface area contributed by atoms with Gasteiger partial charge in [-0.15, -0.1) is 11.8 Å². The lowest BCUT2D eigenvalue weighted by Crippen LogP contribution is -2.49. The molecule has 13 heteroatoms. The summed E-state index contributed by atoms with van der Waals surface area (Å²) < 4.78 is 5.36. The zero-order valence-electron chi connectivity index (χ0n) is 17.1. The van der Waals surface area contributed by atoms with Crippen molar-refractivity contribution in [2.45, 2.75) is 44.4 Å². The molecule has 0 aliphatic rings. The number of aromatic nitrogens is 2. The Hall–Kier alpha value is -2.44. The normalized spacial score (nSPS) is 12.6. The molecule has 2 amide bonds. The predicted molar refractivity (Wildman–Crippen MR) is 112 cm³/mol. The fourth-order valence-corrected chi connectivity index (χ4v) is 3.37. The number of carboxylic acids is 2. The van der Waals surface area contributed by atoms with Gasteiger partial charge in [0.2, 0.25) is 17.1 Å². The smallest absolute Gasteiger partial charge is 0.322 e. The van der Waals surface area contributed by atoms with E-state index in [0.29, 0.717) is 17.2 Å². The molecule has 0 aliphatic heterocycles. The Bertz CT molecular complexity index is 796. The quantitative estimate of drug-likeness (QED) is 0.172. The molecule has 0 radical (unpaired) electrons. The molecular weight excluding hydrogens is 452 g/mol. The van der Waals surface area contributed by atoms with Crippen LogP contribution < -0.4 is 10.6 Å². The molecule has 0 aromatic carbocycles. The molecule has 1 aromatic rings. The van der Waals surface area contributed by atoms with Gasteiger partial charge in [0.05, 0.1) is 12.5 Å². The summed E-state index contributed by atoms with van der Waals surface area (Å²) in [5.74, 6) is -4.17. The summed E-state index contributed by atoms with van der Waals surface area (Å²) in [4.78, 5) is 54.3. The van der Waals surface area contributed by atoms with E-state index < -0.39 is 42.3 Å². The van der Waals surface area contributed by atoms with Crippen molar-refractivity contribution in [3.63, 3.8) is 0 Å². The van der Waals surface area contributed by atoms with E-state index in [9.17, 15) is 19.2 Å². The second-order valence-corrected chi connectivity index (χ2v) is 7.77. The van der Waals surface area contributed by atoms with E-state index in [1.54, 1.807) is 0 Å². The summed E-state index contributed by atoms with van der Waals surface area (Å²) in [5, 5.41) is 22.9. The van der Waals surface area contributed by atoms with Gasteiger partial charge in [0.15, 0.2) is 0 Å². The molecule has 0 fully saturated rings. The number of carbonyl (C=O) groups excluding carboxylic acids is 2. The van der Waals surface area contributed by atoms with Crippen LogP contribution in [0, 0.1) is 5.92 Å². The number of carbonyl (C=O) groups is 4. The first kappa shape index (κ1) is 26.6. The molecule has 31 heavy (non-hydrogen) atoms. The lowest BCUT2D eigenvalue weighted by atomic mass is 10.1. The van der Waals surface area contributed by atoms with Gasteiger partial charge in [-0.3, -0.25) is 19.2 Å². The molecular formula is C18H25ClN4O7S. The number of nitrogens with zero attached hydrogens (tertiary/aromatic N) is 2. The maximum atomic E-state index is 12.4. The molecule has 0 saturated heterocycles. The molecule has 0 aliphatic carbocycles. The van der Waals surface area contributed by atoms with E-state index in [-0.39, 0.29) is 30.5 Å². The number of amides is 2. The van der Waals surface area contributed by atoms with Crippen molar-refractivity contribution in [2.75, 3.05) is 18.9 Å². The number of hydrogen-bond acceptors (Lipinski definition) is 8. The first-order valence-electron chi connectivity index (χ1n) is 9.37. The van der Waals surface area contributed by atoms with Crippen LogP contribution in [0.1, 0.15) is 32.3 Å². The van der Waals surface area contributed by atoms with Gasteiger partial charge in [0.1, 0.15) is 17.6 Å². The largest absolute Gasteiger partial charge is 0.481 e. The van der Waals surface area contributed by atoms with Gasteiger partial charge in [0.25, 0.3) is 0 Å². The van der Waals surface area contributed by atoms with Gasteiger partial charge >= 0.3 is 11.9 Å². The Kier molecular flexibility index (Phi) is 11.8. The Labute approximate surface area is 188 Å². The van der Waals surface area contributed by atoms with Crippen LogP contribution in [0.15, 0.2) is 11.2 Å². The van der Waals surface area contributed by atoms with Crippen LogP contribution in [0.5, 0.6) is 0 Å². The summed E-state index contributed by atoms with van der Waals surface area (Å²) in [6.07, 6.45) is 1.49. The summed E-state index contributed by atoms with van der Waals surface area (Å²) in [5.41, 5.74) is 0.641. The van der Waals surface area contributed by atoms with E-state index in [2.05, 4.69) is 20.6 Å². The van der Waals surface area contributed by atoms with Crippen LogP contribution in [0.2, 0.25) is 5.28 Å². The second-order valence-electron chi connectivity index (χ2n) is 6.43. The van der Waals surface area contributed by atoms with Crippen LogP contribution in [-0.2, 0) is 30.5 Å². The predicted octanol–water partition coefficient (Wildman–Crippen LogP) is 0.945. The average molecular weight is 477 g/mol. The minimum Gasteiger partial charge on any atom is -0.481 e. The number of rotatable bonds is 14. The fraction of sp³-hybridized carbons (Fsp3) is 0.556. The number of carboxylic acid groups (broad SMARTS) is 2. The number of nitrogens with one attached hydrogen (secondary N) is 2. The molecule has 4 N–H and O–H groups in total. The van der Waals surface area contributed by atoms with Crippen molar-refractivity contribution >= 4 is 47.1 Å². The second kappa shape index (κ2) is 13.8. The van der Waals surface area contributed by atoms with E-state index >= 15 is 0 Å². The van der Waals surface area contributed by atoms with Gasteiger partial charge in [0, 0.05) is 30.5 Å². The van der Waals surface area contributed by atoms with Crippen LogP contribution in [0.3, 0.4) is 0 Å². The zero-order valence-corrected chi connectivity index (χ0v) is 18.7. The van der Waals surface area contributed by atoms with E-state index in [0.717, 1.165) is 11.8 Å². The van der Waals surface area contributed by atoms with Crippen molar-refractivity contribution in [3.05, 3.63) is 17.0 Å². The number of halogens is 1. The summed E-state index contributed by atoms with van der Waals surface area (Å²) >= 11 is 6.98. The Balaban J connectivity index is 2.86. The van der Waals surface area contributed by atoms with Crippen LogP contribution >= 0.6 is 23.4 Å². The molecule has 1 rings (SSSR count). The monoisotopic (exact) mass is 476 g/mol. The molecule has 2 atom stereocenters. The molecule has 0 saturated carbocycles. The van der Waals surface area contributed by atoms with Gasteiger partial charge in [-0.1, -0.05) is 6.92 Å². The van der Waals surface area contributed by atoms with Crippen molar-refractivity contribution in [1.29, 1.82) is 0 Å². The lowest BCUT2D eigenvalue weighted by Gasteiger charge is -2.18. The molecule has 1 aromatic heterocycles. The first-order chi connectivity index (χ1) is 14.6. The Morgan fingerprint density at radius 3 is 2.61 bits per heavy atom. The molecule has 0 bridgehead atoms. The third-order valence-corrected chi connectivity index (χ3v) is 5.24. The van der Waals surface area contributed by atoms with Crippen molar-refractivity contribution in [3.8, 4) is 0 Å². The highest BCUT2D eigenvalue weighted by Gasteiger charge is 2.23.